The molecule has 0 amide bonds. The molecule has 19 heavy (non-hydrogen) atoms. The first kappa shape index (κ1) is 16.1. The highest BCUT2D eigenvalue weighted by atomic mass is 35.5. The summed E-state index contributed by atoms with van der Waals surface area (Å²) in [5.74, 6) is -0.328. The largest absolute Gasteiger partial charge is 0.469 e. The molecule has 0 radical (unpaired) electrons. The Labute approximate surface area is 124 Å². The smallest absolute Gasteiger partial charge is 0.305 e. The number of rotatable bonds is 3. The van der Waals surface area contributed by atoms with Crippen molar-refractivity contribution >= 4 is 36.8 Å². The fourth-order valence-electron chi connectivity index (χ4n) is 2.23. The van der Waals surface area contributed by atoms with Gasteiger partial charge >= 0.3 is 5.97 Å². The Morgan fingerprint density at radius 2 is 2.32 bits per heavy atom. The van der Waals surface area contributed by atoms with Crippen molar-refractivity contribution in [3.8, 4) is 0 Å². The molecule has 1 fully saturated rings. The summed E-state index contributed by atoms with van der Waals surface area (Å²) in [4.78, 5) is 13.3. The zero-order valence-electron chi connectivity index (χ0n) is 10.7. The van der Waals surface area contributed by atoms with Gasteiger partial charge in [-0.2, -0.15) is 13.5 Å². The number of hydrogen-bond donors (Lipinski definition) is 0. The molecule has 2 rings (SSSR count). The lowest BCUT2D eigenvalue weighted by Crippen LogP contribution is -2.20. The Bertz CT molecular complexity index is 458. The van der Waals surface area contributed by atoms with Crippen LogP contribution < -0.4 is 4.90 Å². The van der Waals surface area contributed by atoms with E-state index in [-0.39, 0.29) is 30.4 Å². The van der Waals surface area contributed by atoms with Gasteiger partial charge in [-0.05, 0) is 30.5 Å². The molecule has 0 aromatic heterocycles. The lowest BCUT2D eigenvalue weighted by Gasteiger charge is -2.18. The van der Waals surface area contributed by atoms with Crippen LogP contribution in [0.4, 0.5) is 10.1 Å². The van der Waals surface area contributed by atoms with Gasteiger partial charge < -0.3 is 9.64 Å². The van der Waals surface area contributed by atoms with Crippen molar-refractivity contribution in [3.63, 3.8) is 0 Å². The molecular formula is C13H17ClFNO2S. The van der Waals surface area contributed by atoms with Crippen LogP contribution in [-0.2, 0) is 9.53 Å². The summed E-state index contributed by atoms with van der Waals surface area (Å²) in [5.41, 5.74) is 0.810. The molecule has 1 aliphatic heterocycles. The minimum absolute atomic E-state index is 0. The SMILES string of the molecule is COC(=O)C[C@@H]1CCN(c2ccc(Cl)c(F)c2)C1.S. The Morgan fingerprint density at radius 1 is 1.58 bits per heavy atom. The van der Waals surface area contributed by atoms with Crippen LogP contribution in [0.25, 0.3) is 0 Å². The van der Waals surface area contributed by atoms with Crippen LogP contribution in [0.2, 0.25) is 5.02 Å². The monoisotopic (exact) mass is 305 g/mol. The van der Waals surface area contributed by atoms with Gasteiger partial charge in [0.25, 0.3) is 0 Å². The minimum Gasteiger partial charge on any atom is -0.469 e. The zero-order chi connectivity index (χ0) is 13.1. The van der Waals surface area contributed by atoms with E-state index < -0.39 is 5.82 Å². The Kier molecular flexibility index (Phi) is 5.94. The number of hydrogen-bond acceptors (Lipinski definition) is 3. The molecule has 1 heterocycles. The van der Waals surface area contributed by atoms with Gasteiger partial charge in [0.15, 0.2) is 0 Å². The third kappa shape index (κ3) is 4.01. The molecule has 1 aromatic carbocycles. The average Bonchev–Trinajstić information content (AvgIpc) is 2.81. The number of nitrogens with zero attached hydrogens (tertiary/aromatic N) is 1. The number of esters is 1. The van der Waals surface area contributed by atoms with Gasteiger partial charge in [-0.15, -0.1) is 0 Å². The minimum atomic E-state index is -0.411. The van der Waals surface area contributed by atoms with Crippen molar-refractivity contribution in [2.24, 2.45) is 5.92 Å². The van der Waals surface area contributed by atoms with Crippen molar-refractivity contribution < 1.29 is 13.9 Å². The maximum atomic E-state index is 13.4. The molecule has 1 aliphatic rings. The Morgan fingerprint density at radius 3 is 2.95 bits per heavy atom. The van der Waals surface area contributed by atoms with Gasteiger partial charge in [0, 0.05) is 18.8 Å². The highest BCUT2D eigenvalue weighted by Gasteiger charge is 2.25. The van der Waals surface area contributed by atoms with Gasteiger partial charge in [-0.25, -0.2) is 4.39 Å². The maximum absolute atomic E-state index is 13.4. The summed E-state index contributed by atoms with van der Waals surface area (Å²) in [7, 11) is 1.39. The first-order valence-corrected chi connectivity index (χ1v) is 6.24. The number of carbonyl (C=O) groups excluding carboxylic acids is 1. The number of carbonyl (C=O) groups is 1. The molecule has 1 atom stereocenters. The number of ether oxygens (including phenoxy) is 1. The summed E-state index contributed by atoms with van der Waals surface area (Å²) in [6, 6.07) is 4.79. The molecule has 0 unspecified atom stereocenters. The van der Waals surface area contributed by atoms with Crippen molar-refractivity contribution in [2.45, 2.75) is 12.8 Å². The van der Waals surface area contributed by atoms with Gasteiger partial charge in [0.05, 0.1) is 18.6 Å². The topological polar surface area (TPSA) is 29.5 Å². The predicted molar refractivity (Wildman–Crippen MR) is 78.7 cm³/mol. The van der Waals surface area contributed by atoms with Crippen LogP contribution >= 0.6 is 25.1 Å². The second kappa shape index (κ2) is 7.01. The summed E-state index contributed by atoms with van der Waals surface area (Å²) in [6.07, 6.45) is 1.34. The van der Waals surface area contributed by atoms with Crippen LogP contribution in [0, 0.1) is 11.7 Å². The van der Waals surface area contributed by atoms with Gasteiger partial charge in [-0.1, -0.05) is 11.6 Å². The van der Waals surface area contributed by atoms with Gasteiger partial charge in [0.1, 0.15) is 5.82 Å². The highest BCUT2D eigenvalue weighted by molar-refractivity contribution is 7.59. The molecule has 0 saturated carbocycles. The molecule has 0 N–H and O–H groups in total. The first-order valence-electron chi connectivity index (χ1n) is 5.87. The number of halogens is 2. The maximum Gasteiger partial charge on any atom is 0.305 e. The van der Waals surface area contributed by atoms with Crippen LogP contribution in [0.5, 0.6) is 0 Å². The number of methoxy groups -OCH3 is 1. The van der Waals surface area contributed by atoms with E-state index in [1.165, 1.54) is 13.2 Å². The lowest BCUT2D eigenvalue weighted by atomic mass is 10.1. The Hall–Kier alpha value is -0.940. The van der Waals surface area contributed by atoms with Crippen LogP contribution in [0.1, 0.15) is 12.8 Å². The molecular weight excluding hydrogens is 289 g/mol. The van der Waals surface area contributed by atoms with Crippen LogP contribution in [-0.4, -0.2) is 26.2 Å². The fraction of sp³-hybridized carbons (Fsp3) is 0.462. The van der Waals surface area contributed by atoms with E-state index in [9.17, 15) is 9.18 Å². The summed E-state index contributed by atoms with van der Waals surface area (Å²) < 4.78 is 18.0. The van der Waals surface area contributed by atoms with Crippen molar-refractivity contribution in [2.75, 3.05) is 25.1 Å². The van der Waals surface area contributed by atoms with Gasteiger partial charge in [-0.3, -0.25) is 4.79 Å². The third-order valence-electron chi connectivity index (χ3n) is 3.24. The van der Waals surface area contributed by atoms with E-state index in [0.29, 0.717) is 6.42 Å². The third-order valence-corrected chi connectivity index (χ3v) is 3.54. The molecule has 6 heteroatoms. The normalized spacial score (nSPS) is 18.1. The quantitative estimate of drug-likeness (QED) is 0.804. The summed E-state index contributed by atoms with van der Waals surface area (Å²) >= 11 is 5.65. The van der Waals surface area contributed by atoms with E-state index in [4.69, 9.17) is 11.6 Å². The second-order valence-corrected chi connectivity index (χ2v) is 4.89. The highest BCUT2D eigenvalue weighted by Crippen LogP contribution is 2.28. The van der Waals surface area contributed by atoms with Crippen molar-refractivity contribution in [3.05, 3.63) is 29.0 Å². The van der Waals surface area contributed by atoms with E-state index in [0.717, 1.165) is 25.2 Å². The molecule has 1 saturated heterocycles. The van der Waals surface area contributed by atoms with Crippen LogP contribution in [0.15, 0.2) is 18.2 Å². The molecule has 3 nitrogen and oxygen atoms in total. The zero-order valence-corrected chi connectivity index (χ0v) is 12.4. The van der Waals surface area contributed by atoms with E-state index in [1.54, 1.807) is 12.1 Å². The average molecular weight is 306 g/mol. The van der Waals surface area contributed by atoms with Gasteiger partial charge in [0.2, 0.25) is 0 Å². The van der Waals surface area contributed by atoms with E-state index in [1.807, 2.05) is 0 Å². The number of benzene rings is 1. The molecule has 1 aromatic rings. The molecule has 0 aliphatic carbocycles. The summed E-state index contributed by atoms with van der Waals surface area (Å²) in [6.45, 7) is 1.57. The van der Waals surface area contributed by atoms with Crippen molar-refractivity contribution in [1.29, 1.82) is 0 Å². The first-order chi connectivity index (χ1) is 8.60. The fourth-order valence-corrected chi connectivity index (χ4v) is 2.35. The molecule has 0 bridgehead atoms. The van der Waals surface area contributed by atoms with E-state index in [2.05, 4.69) is 9.64 Å². The summed E-state index contributed by atoms with van der Waals surface area (Å²) in [5, 5.41) is 0.129. The van der Waals surface area contributed by atoms with Crippen molar-refractivity contribution in [1.82, 2.24) is 0 Å². The number of anilines is 1. The molecule has 106 valence electrons. The standard InChI is InChI=1S/C13H15ClFNO2.H2S/c1-18-13(17)6-9-4-5-16(8-9)10-2-3-11(14)12(15)7-10;/h2-3,7,9H,4-6,8H2,1H3;1H2/t9-;/m0./s1. The van der Waals surface area contributed by atoms with Crippen LogP contribution in [0.3, 0.4) is 0 Å². The second-order valence-electron chi connectivity index (χ2n) is 4.48. The lowest BCUT2D eigenvalue weighted by molar-refractivity contribution is -0.141. The Balaban J connectivity index is 0.00000180. The predicted octanol–water partition coefficient (Wildman–Crippen LogP) is 2.98. The van der Waals surface area contributed by atoms with E-state index >= 15 is 0 Å². The molecule has 0 spiro atoms.